The Hall–Kier alpha value is -2.60. The Kier molecular flexibility index (Phi) is 5.85. The first kappa shape index (κ1) is 17.2. The summed E-state index contributed by atoms with van der Waals surface area (Å²) in [7, 11) is 1.60. The maximum atomic E-state index is 12.7. The molecule has 1 aliphatic rings. The van der Waals surface area contributed by atoms with Gasteiger partial charge in [-0.1, -0.05) is 18.2 Å². The summed E-state index contributed by atoms with van der Waals surface area (Å²) in [6.45, 7) is 2.55. The largest absolute Gasteiger partial charge is 0.493 e. The average molecular weight is 341 g/mol. The molecule has 1 aromatic heterocycles. The molecule has 0 radical (unpaired) electrons. The predicted octanol–water partition coefficient (Wildman–Crippen LogP) is 2.03. The number of aromatic nitrogens is 1. The predicted molar refractivity (Wildman–Crippen MR) is 94.7 cm³/mol. The zero-order valence-corrected chi connectivity index (χ0v) is 14.4. The van der Waals surface area contributed by atoms with Gasteiger partial charge in [-0.05, 0) is 23.8 Å². The van der Waals surface area contributed by atoms with E-state index in [9.17, 15) is 4.79 Å². The van der Waals surface area contributed by atoms with E-state index < -0.39 is 0 Å². The van der Waals surface area contributed by atoms with Crippen LogP contribution in [0, 0.1) is 0 Å². The van der Waals surface area contributed by atoms with Crippen LogP contribution in [0.2, 0.25) is 0 Å². The molecule has 0 aliphatic carbocycles. The fourth-order valence-electron chi connectivity index (χ4n) is 3.00. The van der Waals surface area contributed by atoms with Crippen molar-refractivity contribution >= 4 is 5.91 Å². The van der Waals surface area contributed by atoms with Crippen LogP contribution in [0.25, 0.3) is 0 Å². The number of pyridine rings is 1. The molecule has 1 aliphatic heterocycles. The highest BCUT2D eigenvalue weighted by atomic mass is 16.5. The van der Waals surface area contributed by atoms with E-state index in [1.165, 1.54) is 0 Å². The van der Waals surface area contributed by atoms with Crippen molar-refractivity contribution in [2.24, 2.45) is 0 Å². The van der Waals surface area contributed by atoms with Crippen LogP contribution in [-0.4, -0.2) is 49.1 Å². The molecule has 6 nitrogen and oxygen atoms in total. The first-order valence-corrected chi connectivity index (χ1v) is 8.45. The number of piperazine rings is 1. The standard InChI is InChI=1S/C19H23N3O3/c1-24-17-6-2-3-7-18(17)25-12-8-19(23)22-11-10-21-14-16(22)15-5-4-9-20-13-15/h2-7,9,13,16,21H,8,10-12,14H2,1H3. The molecule has 1 unspecified atom stereocenters. The third-order valence-corrected chi connectivity index (χ3v) is 4.28. The Labute approximate surface area is 147 Å². The normalized spacial score (nSPS) is 17.2. The van der Waals surface area contributed by atoms with Gasteiger partial charge in [-0.3, -0.25) is 9.78 Å². The fraction of sp³-hybridized carbons (Fsp3) is 0.368. The highest BCUT2D eigenvalue weighted by Gasteiger charge is 2.27. The van der Waals surface area contributed by atoms with E-state index in [0.29, 0.717) is 31.1 Å². The summed E-state index contributed by atoms with van der Waals surface area (Å²) in [6, 6.07) is 11.4. The van der Waals surface area contributed by atoms with Crippen LogP contribution >= 0.6 is 0 Å². The molecule has 1 atom stereocenters. The quantitative estimate of drug-likeness (QED) is 0.871. The van der Waals surface area contributed by atoms with E-state index in [1.807, 2.05) is 47.5 Å². The van der Waals surface area contributed by atoms with Crippen LogP contribution in [0.1, 0.15) is 18.0 Å². The van der Waals surface area contributed by atoms with Crippen molar-refractivity contribution in [1.82, 2.24) is 15.2 Å². The maximum absolute atomic E-state index is 12.7. The minimum Gasteiger partial charge on any atom is -0.493 e. The summed E-state index contributed by atoms with van der Waals surface area (Å²) >= 11 is 0. The van der Waals surface area contributed by atoms with E-state index in [2.05, 4.69) is 10.3 Å². The number of rotatable bonds is 6. The van der Waals surface area contributed by atoms with E-state index in [4.69, 9.17) is 9.47 Å². The van der Waals surface area contributed by atoms with Gasteiger partial charge >= 0.3 is 0 Å². The lowest BCUT2D eigenvalue weighted by atomic mass is 10.0. The molecule has 132 valence electrons. The van der Waals surface area contributed by atoms with Gasteiger partial charge in [0.1, 0.15) is 0 Å². The van der Waals surface area contributed by atoms with Gasteiger partial charge in [0.05, 0.1) is 26.2 Å². The SMILES string of the molecule is COc1ccccc1OCCC(=O)N1CCNCC1c1cccnc1. The second-order valence-electron chi connectivity index (χ2n) is 5.84. The molecule has 25 heavy (non-hydrogen) atoms. The molecule has 6 heteroatoms. The third kappa shape index (κ3) is 4.28. The number of para-hydroxylation sites is 2. The van der Waals surface area contributed by atoms with Crippen molar-refractivity contribution in [1.29, 1.82) is 0 Å². The highest BCUT2D eigenvalue weighted by Crippen LogP contribution is 2.26. The van der Waals surface area contributed by atoms with Gasteiger partial charge in [-0.2, -0.15) is 0 Å². The number of methoxy groups -OCH3 is 1. The van der Waals surface area contributed by atoms with E-state index >= 15 is 0 Å². The lowest BCUT2D eigenvalue weighted by molar-refractivity contribution is -0.135. The minimum absolute atomic E-state index is 0.0150. The Morgan fingerprint density at radius 1 is 1.28 bits per heavy atom. The fourth-order valence-corrected chi connectivity index (χ4v) is 3.00. The van der Waals surface area contributed by atoms with Gasteiger partial charge < -0.3 is 19.7 Å². The van der Waals surface area contributed by atoms with Crippen molar-refractivity contribution in [2.75, 3.05) is 33.4 Å². The summed E-state index contributed by atoms with van der Waals surface area (Å²) in [5.41, 5.74) is 1.05. The summed E-state index contributed by atoms with van der Waals surface area (Å²) < 4.78 is 11.0. The molecule has 1 N–H and O–H groups in total. The van der Waals surface area contributed by atoms with Crippen LogP contribution in [-0.2, 0) is 4.79 Å². The van der Waals surface area contributed by atoms with E-state index in [1.54, 1.807) is 13.3 Å². The van der Waals surface area contributed by atoms with Gasteiger partial charge in [-0.25, -0.2) is 0 Å². The molecule has 3 rings (SSSR count). The number of amides is 1. The van der Waals surface area contributed by atoms with E-state index in [0.717, 1.165) is 18.7 Å². The van der Waals surface area contributed by atoms with Crippen molar-refractivity contribution in [3.8, 4) is 11.5 Å². The second-order valence-corrected chi connectivity index (χ2v) is 5.84. The molecule has 0 bridgehead atoms. The van der Waals surface area contributed by atoms with Crippen molar-refractivity contribution < 1.29 is 14.3 Å². The molecule has 1 saturated heterocycles. The Morgan fingerprint density at radius 2 is 2.12 bits per heavy atom. The molecule has 0 spiro atoms. The average Bonchev–Trinajstić information content (AvgIpc) is 2.69. The van der Waals surface area contributed by atoms with Gasteiger partial charge in [-0.15, -0.1) is 0 Å². The summed E-state index contributed by atoms with van der Waals surface area (Å²) in [5.74, 6) is 1.41. The van der Waals surface area contributed by atoms with Crippen molar-refractivity contribution in [2.45, 2.75) is 12.5 Å². The molecular weight excluding hydrogens is 318 g/mol. The van der Waals surface area contributed by atoms with Crippen LogP contribution in [0.3, 0.4) is 0 Å². The Bertz CT molecular complexity index is 693. The number of benzene rings is 1. The Balaban J connectivity index is 1.59. The lowest BCUT2D eigenvalue weighted by Crippen LogP contribution is -2.49. The monoisotopic (exact) mass is 341 g/mol. The number of nitrogens with zero attached hydrogens (tertiary/aromatic N) is 2. The molecule has 2 heterocycles. The topological polar surface area (TPSA) is 63.7 Å². The number of hydrogen-bond acceptors (Lipinski definition) is 5. The zero-order chi connectivity index (χ0) is 17.5. The number of carbonyl (C=O) groups is 1. The third-order valence-electron chi connectivity index (χ3n) is 4.28. The molecule has 1 amide bonds. The molecule has 0 saturated carbocycles. The van der Waals surface area contributed by atoms with Crippen LogP contribution < -0.4 is 14.8 Å². The van der Waals surface area contributed by atoms with Gasteiger partial charge in [0, 0.05) is 32.0 Å². The number of nitrogens with one attached hydrogen (secondary N) is 1. The zero-order valence-electron chi connectivity index (χ0n) is 14.4. The molecule has 1 aromatic carbocycles. The van der Waals surface area contributed by atoms with Crippen LogP contribution in [0.5, 0.6) is 11.5 Å². The maximum Gasteiger partial charge on any atom is 0.226 e. The van der Waals surface area contributed by atoms with Crippen molar-refractivity contribution in [3.05, 3.63) is 54.4 Å². The van der Waals surface area contributed by atoms with Gasteiger partial charge in [0.25, 0.3) is 0 Å². The second kappa shape index (κ2) is 8.48. The molecular formula is C19H23N3O3. The Morgan fingerprint density at radius 3 is 2.88 bits per heavy atom. The van der Waals surface area contributed by atoms with Gasteiger partial charge in [0.2, 0.25) is 5.91 Å². The van der Waals surface area contributed by atoms with Crippen LogP contribution in [0.15, 0.2) is 48.8 Å². The summed E-state index contributed by atoms with van der Waals surface area (Å²) in [6.07, 6.45) is 3.89. The van der Waals surface area contributed by atoms with Crippen molar-refractivity contribution in [3.63, 3.8) is 0 Å². The molecule has 2 aromatic rings. The highest BCUT2D eigenvalue weighted by molar-refractivity contribution is 5.77. The number of hydrogen-bond donors (Lipinski definition) is 1. The van der Waals surface area contributed by atoms with E-state index in [-0.39, 0.29) is 11.9 Å². The first-order valence-electron chi connectivity index (χ1n) is 8.45. The molecule has 1 fully saturated rings. The number of ether oxygens (including phenoxy) is 2. The summed E-state index contributed by atoms with van der Waals surface area (Å²) in [4.78, 5) is 18.8. The van der Waals surface area contributed by atoms with Crippen LogP contribution in [0.4, 0.5) is 0 Å². The number of carbonyl (C=O) groups excluding carboxylic acids is 1. The van der Waals surface area contributed by atoms with Gasteiger partial charge in [0.15, 0.2) is 11.5 Å². The minimum atomic E-state index is 0.0150. The first-order chi connectivity index (χ1) is 12.3. The summed E-state index contributed by atoms with van der Waals surface area (Å²) in [5, 5.41) is 3.35. The lowest BCUT2D eigenvalue weighted by Gasteiger charge is -2.36. The smallest absolute Gasteiger partial charge is 0.226 e.